The second-order valence-electron chi connectivity index (χ2n) is 4.43. The van der Waals surface area contributed by atoms with E-state index < -0.39 is 0 Å². The molecule has 0 spiro atoms. The van der Waals surface area contributed by atoms with Crippen LogP contribution in [0.15, 0.2) is 24.3 Å². The van der Waals surface area contributed by atoms with Gasteiger partial charge in [0.1, 0.15) is 0 Å². The van der Waals surface area contributed by atoms with E-state index in [-0.39, 0.29) is 6.09 Å². The zero-order chi connectivity index (χ0) is 13.0. The third-order valence-electron chi connectivity index (χ3n) is 3.43. The van der Waals surface area contributed by atoms with Gasteiger partial charge in [0, 0.05) is 31.9 Å². The van der Waals surface area contributed by atoms with Crippen LogP contribution in [0.2, 0.25) is 0 Å². The molecule has 18 heavy (non-hydrogen) atoms. The summed E-state index contributed by atoms with van der Waals surface area (Å²) in [6, 6.07) is 8.48. The monoisotopic (exact) mass is 248 g/mol. The summed E-state index contributed by atoms with van der Waals surface area (Å²) in [6.45, 7) is 5.36. The van der Waals surface area contributed by atoms with Crippen LogP contribution >= 0.6 is 0 Å². The molecule has 1 aliphatic heterocycles. The molecule has 1 aromatic carbocycles. The van der Waals surface area contributed by atoms with Crippen molar-refractivity contribution in [3.63, 3.8) is 0 Å². The van der Waals surface area contributed by atoms with Gasteiger partial charge in [-0.05, 0) is 18.1 Å². The van der Waals surface area contributed by atoms with Gasteiger partial charge in [-0.25, -0.2) is 4.79 Å². The zero-order valence-corrected chi connectivity index (χ0v) is 11.1. The van der Waals surface area contributed by atoms with E-state index in [4.69, 9.17) is 4.74 Å². The number of nitrogens with zero attached hydrogens (tertiary/aromatic N) is 2. The number of rotatable bonds is 2. The predicted octanol–water partition coefficient (Wildman–Crippen LogP) is 2.14. The number of amides is 1. The molecule has 4 heteroatoms. The lowest BCUT2D eigenvalue weighted by molar-refractivity contribution is 0.121. The Balaban J connectivity index is 2.03. The fourth-order valence-electron chi connectivity index (χ4n) is 2.38. The van der Waals surface area contributed by atoms with Gasteiger partial charge in [-0.3, -0.25) is 0 Å². The minimum atomic E-state index is -0.224. The average Bonchev–Trinajstić information content (AvgIpc) is 2.46. The molecule has 1 amide bonds. The van der Waals surface area contributed by atoms with Crippen molar-refractivity contribution in [3.05, 3.63) is 29.8 Å². The van der Waals surface area contributed by atoms with Crippen LogP contribution in [-0.2, 0) is 11.2 Å². The van der Waals surface area contributed by atoms with Gasteiger partial charge in [-0.1, -0.05) is 25.1 Å². The highest BCUT2D eigenvalue weighted by Crippen LogP contribution is 2.22. The molecule has 1 fully saturated rings. The summed E-state index contributed by atoms with van der Waals surface area (Å²) in [5.41, 5.74) is 2.66. The molecule has 0 aliphatic carbocycles. The van der Waals surface area contributed by atoms with E-state index in [0.717, 1.165) is 32.6 Å². The van der Waals surface area contributed by atoms with Crippen LogP contribution in [0.5, 0.6) is 0 Å². The number of carbonyl (C=O) groups is 1. The summed E-state index contributed by atoms with van der Waals surface area (Å²) in [4.78, 5) is 15.5. The Morgan fingerprint density at radius 3 is 2.50 bits per heavy atom. The largest absolute Gasteiger partial charge is 0.453 e. The highest BCUT2D eigenvalue weighted by atomic mass is 16.5. The van der Waals surface area contributed by atoms with E-state index in [9.17, 15) is 4.79 Å². The number of carbonyl (C=O) groups excluding carboxylic acids is 1. The first-order chi connectivity index (χ1) is 8.76. The minimum Gasteiger partial charge on any atom is -0.453 e. The van der Waals surface area contributed by atoms with Gasteiger partial charge in [0.05, 0.1) is 7.11 Å². The van der Waals surface area contributed by atoms with Crippen LogP contribution in [0.1, 0.15) is 12.5 Å². The molecule has 0 unspecified atom stereocenters. The SMILES string of the molecule is CCc1ccccc1N1CCN(C(=O)OC)CC1. The Labute approximate surface area is 108 Å². The minimum absolute atomic E-state index is 0.224. The summed E-state index contributed by atoms with van der Waals surface area (Å²) in [5, 5.41) is 0. The maximum absolute atomic E-state index is 11.4. The van der Waals surface area contributed by atoms with Gasteiger partial charge < -0.3 is 14.5 Å². The molecule has 2 rings (SSSR count). The summed E-state index contributed by atoms with van der Waals surface area (Å²) in [7, 11) is 1.43. The average molecular weight is 248 g/mol. The van der Waals surface area contributed by atoms with Crippen LogP contribution in [0.4, 0.5) is 10.5 Å². The third-order valence-corrected chi connectivity index (χ3v) is 3.43. The molecule has 0 bridgehead atoms. The van der Waals surface area contributed by atoms with Crippen molar-refractivity contribution >= 4 is 11.8 Å². The quantitative estimate of drug-likeness (QED) is 0.804. The highest BCUT2D eigenvalue weighted by Gasteiger charge is 2.22. The van der Waals surface area contributed by atoms with Gasteiger partial charge in [-0.2, -0.15) is 0 Å². The molecule has 0 atom stereocenters. The molecule has 1 saturated heterocycles. The Morgan fingerprint density at radius 2 is 1.89 bits per heavy atom. The van der Waals surface area contributed by atoms with Gasteiger partial charge in [-0.15, -0.1) is 0 Å². The number of anilines is 1. The molecule has 1 aromatic rings. The van der Waals surface area contributed by atoms with Crippen molar-refractivity contribution in [3.8, 4) is 0 Å². The molecule has 1 heterocycles. The van der Waals surface area contributed by atoms with E-state index >= 15 is 0 Å². The van der Waals surface area contributed by atoms with Crippen molar-refractivity contribution in [2.75, 3.05) is 38.2 Å². The number of piperazine rings is 1. The number of para-hydroxylation sites is 1. The molecular formula is C14H20N2O2. The maximum Gasteiger partial charge on any atom is 0.409 e. The molecule has 1 aliphatic rings. The summed E-state index contributed by atoms with van der Waals surface area (Å²) in [6.07, 6.45) is 0.811. The number of hydrogen-bond acceptors (Lipinski definition) is 3. The number of hydrogen-bond donors (Lipinski definition) is 0. The lowest BCUT2D eigenvalue weighted by Gasteiger charge is -2.36. The molecule has 0 aromatic heterocycles. The van der Waals surface area contributed by atoms with Crippen molar-refractivity contribution < 1.29 is 9.53 Å². The third kappa shape index (κ3) is 2.58. The number of aryl methyl sites for hydroxylation is 1. The van der Waals surface area contributed by atoms with Crippen LogP contribution in [0.3, 0.4) is 0 Å². The lowest BCUT2D eigenvalue weighted by atomic mass is 10.1. The normalized spacial score (nSPS) is 15.7. The Bertz CT molecular complexity index is 412. The fraction of sp³-hybridized carbons (Fsp3) is 0.500. The van der Waals surface area contributed by atoms with Crippen LogP contribution in [-0.4, -0.2) is 44.3 Å². The smallest absolute Gasteiger partial charge is 0.409 e. The van der Waals surface area contributed by atoms with E-state index in [1.165, 1.54) is 18.4 Å². The van der Waals surface area contributed by atoms with E-state index in [1.807, 2.05) is 0 Å². The van der Waals surface area contributed by atoms with Gasteiger partial charge in [0.15, 0.2) is 0 Å². The molecule has 0 saturated carbocycles. The van der Waals surface area contributed by atoms with E-state index in [1.54, 1.807) is 4.90 Å². The van der Waals surface area contributed by atoms with Gasteiger partial charge in [0.25, 0.3) is 0 Å². The molecule has 4 nitrogen and oxygen atoms in total. The second-order valence-corrected chi connectivity index (χ2v) is 4.43. The fourth-order valence-corrected chi connectivity index (χ4v) is 2.38. The first-order valence-corrected chi connectivity index (χ1v) is 6.42. The molecule has 0 radical (unpaired) electrons. The lowest BCUT2D eigenvalue weighted by Crippen LogP contribution is -2.49. The maximum atomic E-state index is 11.4. The number of ether oxygens (including phenoxy) is 1. The first-order valence-electron chi connectivity index (χ1n) is 6.42. The van der Waals surface area contributed by atoms with E-state index in [2.05, 4.69) is 36.1 Å². The molecule has 98 valence electrons. The summed E-state index contributed by atoms with van der Waals surface area (Å²) >= 11 is 0. The highest BCUT2D eigenvalue weighted by molar-refractivity contribution is 5.68. The first kappa shape index (κ1) is 12.7. The van der Waals surface area contributed by atoms with Gasteiger partial charge >= 0.3 is 6.09 Å². The number of benzene rings is 1. The van der Waals surface area contributed by atoms with Crippen LogP contribution in [0, 0.1) is 0 Å². The van der Waals surface area contributed by atoms with Crippen molar-refractivity contribution in [1.29, 1.82) is 0 Å². The van der Waals surface area contributed by atoms with Crippen molar-refractivity contribution in [2.45, 2.75) is 13.3 Å². The topological polar surface area (TPSA) is 32.8 Å². The van der Waals surface area contributed by atoms with Crippen molar-refractivity contribution in [1.82, 2.24) is 4.90 Å². The molecule has 0 N–H and O–H groups in total. The van der Waals surface area contributed by atoms with Crippen molar-refractivity contribution in [2.24, 2.45) is 0 Å². The number of methoxy groups -OCH3 is 1. The zero-order valence-electron chi connectivity index (χ0n) is 11.1. The molecular weight excluding hydrogens is 228 g/mol. The summed E-state index contributed by atoms with van der Waals surface area (Å²) in [5.74, 6) is 0. The summed E-state index contributed by atoms with van der Waals surface area (Å²) < 4.78 is 4.74. The van der Waals surface area contributed by atoms with Crippen LogP contribution < -0.4 is 4.90 Å². The standard InChI is InChI=1S/C14H20N2O2/c1-3-12-6-4-5-7-13(12)15-8-10-16(11-9-15)14(17)18-2/h4-7H,3,8-11H2,1-2H3. The van der Waals surface area contributed by atoms with E-state index in [0.29, 0.717) is 0 Å². The van der Waals surface area contributed by atoms with Crippen LogP contribution in [0.25, 0.3) is 0 Å². The predicted molar refractivity (Wildman–Crippen MR) is 72.0 cm³/mol. The Kier molecular flexibility index (Phi) is 4.07. The van der Waals surface area contributed by atoms with Gasteiger partial charge in [0.2, 0.25) is 0 Å². The Hall–Kier alpha value is -1.71. The Morgan fingerprint density at radius 1 is 1.22 bits per heavy atom. The second kappa shape index (κ2) is 5.76.